The minimum atomic E-state index is 0.553. The summed E-state index contributed by atoms with van der Waals surface area (Å²) in [5, 5.41) is 3.62. The van der Waals surface area contributed by atoms with Crippen LogP contribution in [0, 0.1) is 5.92 Å². The van der Waals surface area contributed by atoms with Crippen LogP contribution < -0.4 is 5.32 Å². The highest BCUT2D eigenvalue weighted by atomic mass is 16.5. The zero-order valence-corrected chi connectivity index (χ0v) is 11.8. The fraction of sp³-hybridized carbons (Fsp3) is 1.00. The molecule has 1 atom stereocenters. The predicted octanol–water partition coefficient (Wildman–Crippen LogP) is 2.74. The summed E-state index contributed by atoms with van der Waals surface area (Å²) in [7, 11) is 1.79. The molecule has 106 valence electrons. The van der Waals surface area contributed by atoms with E-state index in [1.165, 1.54) is 44.9 Å². The summed E-state index contributed by atoms with van der Waals surface area (Å²) in [5.74, 6) is 0.865. The summed E-state index contributed by atoms with van der Waals surface area (Å²) in [5.41, 5.74) is 0. The Hall–Kier alpha value is -0.120. The van der Waals surface area contributed by atoms with Gasteiger partial charge in [-0.15, -0.1) is 0 Å². The lowest BCUT2D eigenvalue weighted by Gasteiger charge is -2.22. The fourth-order valence-electron chi connectivity index (χ4n) is 2.88. The van der Waals surface area contributed by atoms with Crippen molar-refractivity contribution >= 4 is 0 Å². The molecule has 0 saturated heterocycles. The lowest BCUT2D eigenvalue weighted by Crippen LogP contribution is -2.36. The molecule has 0 aromatic heterocycles. The summed E-state index contributed by atoms with van der Waals surface area (Å²) in [4.78, 5) is 0. The van der Waals surface area contributed by atoms with Gasteiger partial charge in [-0.1, -0.05) is 19.3 Å². The molecule has 3 nitrogen and oxygen atoms in total. The van der Waals surface area contributed by atoms with Gasteiger partial charge in [0.05, 0.1) is 12.7 Å². The van der Waals surface area contributed by atoms with E-state index < -0.39 is 0 Å². The van der Waals surface area contributed by atoms with Crippen LogP contribution in [0.1, 0.15) is 51.4 Å². The smallest absolute Gasteiger partial charge is 0.0618 e. The van der Waals surface area contributed by atoms with Crippen molar-refractivity contribution in [2.75, 3.05) is 26.9 Å². The van der Waals surface area contributed by atoms with E-state index in [-0.39, 0.29) is 0 Å². The largest absolute Gasteiger partial charge is 0.383 e. The summed E-state index contributed by atoms with van der Waals surface area (Å²) in [6.45, 7) is 2.84. The maximum absolute atomic E-state index is 5.93. The van der Waals surface area contributed by atoms with Gasteiger partial charge in [0.1, 0.15) is 0 Å². The molecule has 0 bridgehead atoms. The molecule has 0 radical (unpaired) electrons. The summed E-state index contributed by atoms with van der Waals surface area (Å²) < 4.78 is 11.2. The lowest BCUT2D eigenvalue weighted by molar-refractivity contribution is 0.0266. The van der Waals surface area contributed by atoms with Crippen LogP contribution in [-0.2, 0) is 9.47 Å². The van der Waals surface area contributed by atoms with Crippen LogP contribution >= 0.6 is 0 Å². The van der Waals surface area contributed by atoms with E-state index in [9.17, 15) is 0 Å². The Morgan fingerprint density at radius 1 is 1.11 bits per heavy atom. The molecule has 0 aromatic carbocycles. The topological polar surface area (TPSA) is 30.5 Å². The Labute approximate surface area is 112 Å². The molecule has 0 aromatic rings. The van der Waals surface area contributed by atoms with Crippen LogP contribution in [0.25, 0.3) is 0 Å². The van der Waals surface area contributed by atoms with E-state index in [1.807, 2.05) is 0 Å². The average molecular weight is 255 g/mol. The SMILES string of the molecule is COCC(NCCCOC1CCCCC1)C1CC1. The van der Waals surface area contributed by atoms with Crippen LogP contribution in [0.15, 0.2) is 0 Å². The van der Waals surface area contributed by atoms with Crippen LogP contribution in [-0.4, -0.2) is 39.0 Å². The Bertz CT molecular complexity index is 213. The molecule has 0 amide bonds. The Morgan fingerprint density at radius 3 is 2.56 bits per heavy atom. The molecular weight excluding hydrogens is 226 g/mol. The number of ether oxygens (including phenoxy) is 2. The van der Waals surface area contributed by atoms with Gasteiger partial charge >= 0.3 is 0 Å². The first-order valence-electron chi connectivity index (χ1n) is 7.74. The van der Waals surface area contributed by atoms with E-state index in [0.29, 0.717) is 12.1 Å². The quantitative estimate of drug-likeness (QED) is 0.643. The maximum atomic E-state index is 5.93. The molecule has 2 aliphatic rings. The van der Waals surface area contributed by atoms with E-state index >= 15 is 0 Å². The van der Waals surface area contributed by atoms with Crippen molar-refractivity contribution in [1.29, 1.82) is 0 Å². The van der Waals surface area contributed by atoms with Gasteiger partial charge in [-0.3, -0.25) is 0 Å². The van der Waals surface area contributed by atoms with Gasteiger partial charge in [0.25, 0.3) is 0 Å². The minimum Gasteiger partial charge on any atom is -0.383 e. The third kappa shape index (κ3) is 5.25. The molecule has 3 heteroatoms. The number of hydrogen-bond acceptors (Lipinski definition) is 3. The number of methoxy groups -OCH3 is 1. The molecule has 2 aliphatic carbocycles. The lowest BCUT2D eigenvalue weighted by atomic mass is 9.98. The van der Waals surface area contributed by atoms with Gasteiger partial charge in [0.15, 0.2) is 0 Å². The normalized spacial score (nSPS) is 23.2. The van der Waals surface area contributed by atoms with Crippen LogP contribution in [0.4, 0.5) is 0 Å². The first-order chi connectivity index (χ1) is 8.90. The van der Waals surface area contributed by atoms with Crippen molar-refractivity contribution in [3.63, 3.8) is 0 Å². The number of nitrogens with one attached hydrogen (secondary N) is 1. The van der Waals surface area contributed by atoms with Crippen molar-refractivity contribution in [3.8, 4) is 0 Å². The maximum Gasteiger partial charge on any atom is 0.0618 e. The molecular formula is C15H29NO2. The summed E-state index contributed by atoms with van der Waals surface area (Å²) >= 11 is 0. The number of hydrogen-bond donors (Lipinski definition) is 1. The second kappa shape index (κ2) is 8.13. The highest BCUT2D eigenvalue weighted by Crippen LogP contribution is 2.32. The van der Waals surface area contributed by atoms with Crippen molar-refractivity contribution < 1.29 is 9.47 Å². The summed E-state index contributed by atoms with van der Waals surface area (Å²) in [6.07, 6.45) is 11.1. The van der Waals surface area contributed by atoms with E-state index in [1.54, 1.807) is 7.11 Å². The Morgan fingerprint density at radius 2 is 1.89 bits per heavy atom. The average Bonchev–Trinajstić information content (AvgIpc) is 3.23. The van der Waals surface area contributed by atoms with Crippen molar-refractivity contribution in [2.45, 2.75) is 63.5 Å². The van der Waals surface area contributed by atoms with Crippen molar-refractivity contribution in [1.82, 2.24) is 5.32 Å². The molecule has 0 heterocycles. The molecule has 2 rings (SSSR count). The van der Waals surface area contributed by atoms with Crippen molar-refractivity contribution in [2.24, 2.45) is 5.92 Å². The highest BCUT2D eigenvalue weighted by molar-refractivity contribution is 4.86. The monoisotopic (exact) mass is 255 g/mol. The van der Waals surface area contributed by atoms with E-state index in [0.717, 1.165) is 32.1 Å². The second-order valence-corrected chi connectivity index (χ2v) is 5.84. The molecule has 1 unspecified atom stereocenters. The standard InChI is InChI=1S/C15H29NO2/c1-17-12-15(13-8-9-13)16-10-5-11-18-14-6-3-2-4-7-14/h13-16H,2-12H2,1H3. The molecule has 2 saturated carbocycles. The molecule has 18 heavy (non-hydrogen) atoms. The van der Waals surface area contributed by atoms with Crippen molar-refractivity contribution in [3.05, 3.63) is 0 Å². The molecule has 0 aliphatic heterocycles. The zero-order valence-electron chi connectivity index (χ0n) is 11.8. The molecule has 2 fully saturated rings. The fourth-order valence-corrected chi connectivity index (χ4v) is 2.88. The van der Waals surface area contributed by atoms with Crippen LogP contribution in [0.2, 0.25) is 0 Å². The molecule has 0 spiro atoms. The Balaban J connectivity index is 1.47. The first kappa shape index (κ1) is 14.3. The highest BCUT2D eigenvalue weighted by Gasteiger charge is 2.30. The minimum absolute atomic E-state index is 0.553. The van der Waals surface area contributed by atoms with Gasteiger partial charge in [0.2, 0.25) is 0 Å². The third-order valence-electron chi connectivity index (χ3n) is 4.17. The van der Waals surface area contributed by atoms with E-state index in [2.05, 4.69) is 5.32 Å². The predicted molar refractivity (Wildman–Crippen MR) is 73.8 cm³/mol. The van der Waals surface area contributed by atoms with E-state index in [4.69, 9.17) is 9.47 Å². The number of rotatable bonds is 9. The second-order valence-electron chi connectivity index (χ2n) is 5.84. The first-order valence-corrected chi connectivity index (χ1v) is 7.74. The zero-order chi connectivity index (χ0) is 12.6. The van der Waals surface area contributed by atoms with Gasteiger partial charge < -0.3 is 14.8 Å². The Kier molecular flexibility index (Phi) is 6.46. The van der Waals surface area contributed by atoms with Gasteiger partial charge in [0, 0.05) is 19.8 Å². The summed E-state index contributed by atoms with van der Waals surface area (Å²) in [6, 6.07) is 0.574. The third-order valence-corrected chi connectivity index (χ3v) is 4.17. The molecule has 1 N–H and O–H groups in total. The van der Waals surface area contributed by atoms with Crippen LogP contribution in [0.3, 0.4) is 0 Å². The van der Waals surface area contributed by atoms with Gasteiger partial charge in [-0.05, 0) is 44.6 Å². The van der Waals surface area contributed by atoms with Crippen LogP contribution in [0.5, 0.6) is 0 Å². The van der Waals surface area contributed by atoms with Gasteiger partial charge in [-0.2, -0.15) is 0 Å². The van der Waals surface area contributed by atoms with Gasteiger partial charge in [-0.25, -0.2) is 0 Å².